The van der Waals surface area contributed by atoms with E-state index in [4.69, 9.17) is 10.5 Å². The summed E-state index contributed by atoms with van der Waals surface area (Å²) in [7, 11) is 1.61. The van der Waals surface area contributed by atoms with Gasteiger partial charge in [0.25, 0.3) is 0 Å². The molecule has 0 aliphatic carbocycles. The van der Waals surface area contributed by atoms with Crippen molar-refractivity contribution in [1.82, 2.24) is 15.0 Å². The zero-order valence-corrected chi connectivity index (χ0v) is 9.87. The number of aromatic nitrogens is 3. The number of methoxy groups -OCH3 is 1. The highest BCUT2D eigenvalue weighted by atomic mass is 16.5. The van der Waals surface area contributed by atoms with Crippen molar-refractivity contribution in [2.45, 2.75) is 0 Å². The van der Waals surface area contributed by atoms with Crippen LogP contribution < -0.4 is 10.5 Å². The lowest BCUT2D eigenvalue weighted by molar-refractivity contribution is 0.415. The lowest BCUT2D eigenvalue weighted by Crippen LogP contribution is -2.01. The average Bonchev–Trinajstić information content (AvgIpc) is 2.82. The summed E-state index contributed by atoms with van der Waals surface area (Å²) in [5.74, 6) is 0.723. The second kappa shape index (κ2) is 4.03. The van der Waals surface area contributed by atoms with Crippen molar-refractivity contribution in [3.63, 3.8) is 0 Å². The third-order valence-electron chi connectivity index (χ3n) is 2.81. The highest BCUT2D eigenvalue weighted by Gasteiger charge is 2.09. The Morgan fingerprint density at radius 2 is 2.00 bits per heavy atom. The maximum atomic E-state index is 6.01. The topological polar surface area (TPSA) is 66.0 Å². The van der Waals surface area contributed by atoms with Crippen molar-refractivity contribution < 1.29 is 4.74 Å². The Morgan fingerprint density at radius 1 is 1.17 bits per heavy atom. The standard InChI is InChI=1S/C13H12N4O/c1-18-9-6-7-12(10(14)8-9)17-13-5-3-2-4-11(13)15-16-17/h2-8H,14H2,1H3. The number of nitrogens with two attached hydrogens (primary N) is 1. The van der Waals surface area contributed by atoms with Gasteiger partial charge in [0.15, 0.2) is 0 Å². The number of ether oxygens (including phenoxy) is 1. The van der Waals surface area contributed by atoms with Crippen molar-refractivity contribution >= 4 is 16.7 Å². The molecule has 1 aromatic heterocycles. The van der Waals surface area contributed by atoms with Gasteiger partial charge in [0, 0.05) is 6.07 Å². The molecule has 0 bridgehead atoms. The summed E-state index contributed by atoms with van der Waals surface area (Å²) < 4.78 is 6.86. The van der Waals surface area contributed by atoms with Crippen molar-refractivity contribution in [2.24, 2.45) is 0 Å². The van der Waals surface area contributed by atoms with Gasteiger partial charge in [0.2, 0.25) is 0 Å². The van der Waals surface area contributed by atoms with E-state index in [-0.39, 0.29) is 0 Å². The summed E-state index contributed by atoms with van der Waals surface area (Å²) in [5, 5.41) is 8.23. The summed E-state index contributed by atoms with van der Waals surface area (Å²) >= 11 is 0. The Kier molecular flexibility index (Phi) is 2.37. The van der Waals surface area contributed by atoms with Gasteiger partial charge in [-0.1, -0.05) is 17.3 Å². The van der Waals surface area contributed by atoms with E-state index in [1.807, 2.05) is 36.4 Å². The normalized spacial score (nSPS) is 10.7. The predicted octanol–water partition coefficient (Wildman–Crippen LogP) is 2.01. The van der Waals surface area contributed by atoms with E-state index in [0.717, 1.165) is 22.5 Å². The zero-order chi connectivity index (χ0) is 12.5. The molecule has 0 saturated heterocycles. The predicted molar refractivity (Wildman–Crippen MR) is 69.8 cm³/mol. The third kappa shape index (κ3) is 1.57. The van der Waals surface area contributed by atoms with E-state index in [1.54, 1.807) is 17.9 Å². The van der Waals surface area contributed by atoms with Gasteiger partial charge in [-0.15, -0.1) is 5.10 Å². The Balaban J connectivity index is 2.20. The van der Waals surface area contributed by atoms with E-state index < -0.39 is 0 Å². The second-order valence-corrected chi connectivity index (χ2v) is 3.91. The molecule has 90 valence electrons. The van der Waals surface area contributed by atoms with Gasteiger partial charge in [-0.3, -0.25) is 0 Å². The van der Waals surface area contributed by atoms with E-state index in [9.17, 15) is 0 Å². The molecule has 0 spiro atoms. The molecule has 2 N–H and O–H groups in total. The summed E-state index contributed by atoms with van der Waals surface area (Å²) in [6.07, 6.45) is 0. The molecule has 0 fully saturated rings. The SMILES string of the molecule is COc1ccc(-n2nnc3ccccc32)c(N)c1. The molecule has 0 aliphatic heterocycles. The Labute approximate surface area is 104 Å². The quantitative estimate of drug-likeness (QED) is 0.696. The van der Waals surface area contributed by atoms with Gasteiger partial charge >= 0.3 is 0 Å². The number of rotatable bonds is 2. The van der Waals surface area contributed by atoms with E-state index in [1.165, 1.54) is 0 Å². The highest BCUT2D eigenvalue weighted by Crippen LogP contribution is 2.25. The van der Waals surface area contributed by atoms with Gasteiger partial charge in [-0.2, -0.15) is 0 Å². The number of benzene rings is 2. The number of hydrogen-bond donors (Lipinski definition) is 1. The fourth-order valence-electron chi connectivity index (χ4n) is 1.90. The van der Waals surface area contributed by atoms with Crippen LogP contribution in [0.25, 0.3) is 16.7 Å². The fourth-order valence-corrected chi connectivity index (χ4v) is 1.90. The van der Waals surface area contributed by atoms with Gasteiger partial charge in [-0.25, -0.2) is 4.68 Å². The lowest BCUT2D eigenvalue weighted by Gasteiger charge is -2.07. The number of fused-ring (bicyclic) bond motifs is 1. The Morgan fingerprint density at radius 3 is 2.78 bits per heavy atom. The van der Waals surface area contributed by atoms with Crippen LogP contribution in [0.5, 0.6) is 5.75 Å². The van der Waals surface area contributed by atoms with Gasteiger partial charge in [0.05, 0.1) is 24.0 Å². The minimum absolute atomic E-state index is 0.602. The molecule has 0 unspecified atom stereocenters. The molecule has 5 nitrogen and oxygen atoms in total. The number of nitrogen functional groups attached to an aromatic ring is 1. The van der Waals surface area contributed by atoms with Crippen LogP contribution in [0.15, 0.2) is 42.5 Å². The average molecular weight is 240 g/mol. The fraction of sp³-hybridized carbons (Fsp3) is 0.0769. The number of nitrogens with zero attached hydrogens (tertiary/aromatic N) is 3. The zero-order valence-electron chi connectivity index (χ0n) is 9.87. The van der Waals surface area contributed by atoms with Crippen LogP contribution in [0.4, 0.5) is 5.69 Å². The number of hydrogen-bond acceptors (Lipinski definition) is 4. The van der Waals surface area contributed by atoms with Crippen molar-refractivity contribution in [2.75, 3.05) is 12.8 Å². The Hall–Kier alpha value is -2.56. The summed E-state index contributed by atoms with van der Waals surface area (Å²) in [4.78, 5) is 0. The smallest absolute Gasteiger partial charge is 0.121 e. The summed E-state index contributed by atoms with van der Waals surface area (Å²) in [5.41, 5.74) is 9.17. The van der Waals surface area contributed by atoms with E-state index >= 15 is 0 Å². The minimum atomic E-state index is 0.602. The molecule has 0 atom stereocenters. The molecule has 0 amide bonds. The maximum absolute atomic E-state index is 6.01. The van der Waals surface area contributed by atoms with Crippen LogP contribution in [0, 0.1) is 0 Å². The number of anilines is 1. The summed E-state index contributed by atoms with van der Waals surface area (Å²) in [6, 6.07) is 13.2. The number of para-hydroxylation sites is 1. The molecule has 0 radical (unpaired) electrons. The summed E-state index contributed by atoms with van der Waals surface area (Å²) in [6.45, 7) is 0. The first-order chi connectivity index (χ1) is 8.79. The molecule has 0 saturated carbocycles. The van der Waals surface area contributed by atoms with Gasteiger partial charge in [0.1, 0.15) is 11.3 Å². The maximum Gasteiger partial charge on any atom is 0.121 e. The van der Waals surface area contributed by atoms with Crippen LogP contribution >= 0.6 is 0 Å². The van der Waals surface area contributed by atoms with Gasteiger partial charge in [-0.05, 0) is 24.3 Å². The molecule has 3 rings (SSSR count). The lowest BCUT2D eigenvalue weighted by atomic mass is 10.2. The van der Waals surface area contributed by atoms with Crippen LogP contribution in [-0.4, -0.2) is 22.1 Å². The van der Waals surface area contributed by atoms with Crippen LogP contribution in [0.1, 0.15) is 0 Å². The highest BCUT2D eigenvalue weighted by molar-refractivity contribution is 5.77. The van der Waals surface area contributed by atoms with E-state index in [0.29, 0.717) is 5.69 Å². The second-order valence-electron chi connectivity index (χ2n) is 3.91. The van der Waals surface area contributed by atoms with Gasteiger partial charge < -0.3 is 10.5 Å². The monoisotopic (exact) mass is 240 g/mol. The van der Waals surface area contributed by atoms with Crippen molar-refractivity contribution in [1.29, 1.82) is 0 Å². The molecule has 18 heavy (non-hydrogen) atoms. The van der Waals surface area contributed by atoms with Crippen molar-refractivity contribution in [3.05, 3.63) is 42.5 Å². The molecular weight excluding hydrogens is 228 g/mol. The molecule has 2 aromatic carbocycles. The molecule has 5 heteroatoms. The Bertz CT molecular complexity index is 705. The van der Waals surface area contributed by atoms with Crippen LogP contribution in [0.2, 0.25) is 0 Å². The first kappa shape index (κ1) is 10.6. The minimum Gasteiger partial charge on any atom is -0.497 e. The molecule has 0 aliphatic rings. The van der Waals surface area contributed by atoms with E-state index in [2.05, 4.69) is 10.3 Å². The van der Waals surface area contributed by atoms with Crippen LogP contribution in [-0.2, 0) is 0 Å². The molecule has 3 aromatic rings. The largest absolute Gasteiger partial charge is 0.497 e. The first-order valence-corrected chi connectivity index (χ1v) is 5.54. The first-order valence-electron chi connectivity index (χ1n) is 5.54. The van der Waals surface area contributed by atoms with Crippen molar-refractivity contribution in [3.8, 4) is 11.4 Å². The molecular formula is C13H12N4O. The molecule has 1 heterocycles. The van der Waals surface area contributed by atoms with Crippen LogP contribution in [0.3, 0.4) is 0 Å². The third-order valence-corrected chi connectivity index (χ3v) is 2.81.